The highest BCUT2D eigenvalue weighted by Gasteiger charge is 2.33. The summed E-state index contributed by atoms with van der Waals surface area (Å²) in [7, 11) is 1.70. The summed E-state index contributed by atoms with van der Waals surface area (Å²) in [4.78, 5) is 0. The summed E-state index contributed by atoms with van der Waals surface area (Å²) >= 11 is 0. The Bertz CT molecular complexity index is 236. The summed E-state index contributed by atoms with van der Waals surface area (Å²) in [5, 5.41) is 3.15. The summed E-state index contributed by atoms with van der Waals surface area (Å²) in [6.45, 7) is 4.88. The van der Waals surface area contributed by atoms with E-state index in [-0.39, 0.29) is 5.60 Å². The Morgan fingerprint density at radius 2 is 2.42 bits per heavy atom. The van der Waals surface area contributed by atoms with E-state index in [1.807, 2.05) is 19.2 Å². The molecular weight excluding hydrogens is 150 g/mol. The van der Waals surface area contributed by atoms with Crippen molar-refractivity contribution in [3.8, 4) is 11.8 Å². The van der Waals surface area contributed by atoms with Gasteiger partial charge in [-0.25, -0.2) is 0 Å². The van der Waals surface area contributed by atoms with Crippen LogP contribution in [0.3, 0.4) is 0 Å². The van der Waals surface area contributed by atoms with E-state index >= 15 is 0 Å². The van der Waals surface area contributed by atoms with Gasteiger partial charge in [0.1, 0.15) is 0 Å². The highest BCUT2D eigenvalue weighted by atomic mass is 16.5. The third-order valence-corrected chi connectivity index (χ3v) is 2.26. The molecule has 0 amide bonds. The van der Waals surface area contributed by atoms with Crippen molar-refractivity contribution in [2.75, 3.05) is 13.7 Å². The summed E-state index contributed by atoms with van der Waals surface area (Å²) in [6, 6.07) is 0. The molecule has 12 heavy (non-hydrogen) atoms. The van der Waals surface area contributed by atoms with Crippen molar-refractivity contribution in [3.63, 3.8) is 0 Å². The molecular formula is C10H15NO. The summed E-state index contributed by atoms with van der Waals surface area (Å²) < 4.78 is 5.43. The first-order chi connectivity index (χ1) is 5.75. The Kier molecular flexibility index (Phi) is 2.78. The molecule has 0 fully saturated rings. The molecule has 2 atom stereocenters. The largest absolute Gasteiger partial charge is 0.391 e. The third-order valence-electron chi connectivity index (χ3n) is 2.26. The van der Waals surface area contributed by atoms with Gasteiger partial charge in [0.15, 0.2) is 5.60 Å². The van der Waals surface area contributed by atoms with Gasteiger partial charge in [-0.2, -0.15) is 0 Å². The maximum Gasteiger partial charge on any atom is 0.152 e. The van der Waals surface area contributed by atoms with Crippen molar-refractivity contribution in [2.24, 2.45) is 5.92 Å². The number of rotatable bonds is 1. The lowest BCUT2D eigenvalue weighted by molar-refractivity contribution is 0.0334. The van der Waals surface area contributed by atoms with Crippen LogP contribution in [0.1, 0.15) is 13.8 Å². The molecule has 0 aliphatic carbocycles. The van der Waals surface area contributed by atoms with Crippen LogP contribution in [0.4, 0.5) is 0 Å². The standard InChI is InChI=1S/C10H15NO/c1-4-5-10(12-3)6-7-11-8-9(10)2/h6-7,9,11H,8H2,1-3H3. The molecule has 0 bridgehead atoms. The van der Waals surface area contributed by atoms with Crippen LogP contribution < -0.4 is 5.32 Å². The first-order valence-electron chi connectivity index (χ1n) is 4.15. The predicted octanol–water partition coefficient (Wildman–Crippen LogP) is 1.15. The third kappa shape index (κ3) is 1.46. The zero-order chi connectivity index (χ0) is 9.03. The van der Waals surface area contributed by atoms with Crippen LogP contribution in [0.5, 0.6) is 0 Å². The molecule has 0 aromatic heterocycles. The van der Waals surface area contributed by atoms with Crippen LogP contribution in [0.2, 0.25) is 0 Å². The lowest BCUT2D eigenvalue weighted by atomic mass is 9.87. The fourth-order valence-electron chi connectivity index (χ4n) is 1.42. The molecule has 1 heterocycles. The quantitative estimate of drug-likeness (QED) is 0.588. The molecule has 1 aliphatic heterocycles. The lowest BCUT2D eigenvalue weighted by Gasteiger charge is -2.33. The molecule has 0 aromatic carbocycles. The van der Waals surface area contributed by atoms with E-state index in [9.17, 15) is 0 Å². The van der Waals surface area contributed by atoms with Gasteiger partial charge in [-0.3, -0.25) is 0 Å². The second-order valence-electron chi connectivity index (χ2n) is 3.01. The monoisotopic (exact) mass is 165 g/mol. The van der Waals surface area contributed by atoms with Crippen molar-refractivity contribution in [1.82, 2.24) is 5.32 Å². The van der Waals surface area contributed by atoms with E-state index in [0.29, 0.717) is 5.92 Å². The van der Waals surface area contributed by atoms with Gasteiger partial charge in [-0.1, -0.05) is 12.8 Å². The van der Waals surface area contributed by atoms with E-state index in [2.05, 4.69) is 24.1 Å². The van der Waals surface area contributed by atoms with Crippen LogP contribution in [-0.4, -0.2) is 19.3 Å². The number of hydrogen-bond donors (Lipinski definition) is 1. The van der Waals surface area contributed by atoms with E-state index in [1.165, 1.54) is 0 Å². The van der Waals surface area contributed by atoms with E-state index in [0.717, 1.165) is 6.54 Å². The molecule has 66 valence electrons. The molecule has 1 aliphatic rings. The van der Waals surface area contributed by atoms with Crippen LogP contribution in [0.25, 0.3) is 0 Å². The average molecular weight is 165 g/mol. The van der Waals surface area contributed by atoms with E-state index in [4.69, 9.17) is 4.74 Å². The van der Waals surface area contributed by atoms with Crippen molar-refractivity contribution >= 4 is 0 Å². The highest BCUT2D eigenvalue weighted by Crippen LogP contribution is 2.24. The predicted molar refractivity (Wildman–Crippen MR) is 49.5 cm³/mol. The topological polar surface area (TPSA) is 21.3 Å². The summed E-state index contributed by atoms with van der Waals surface area (Å²) in [6.07, 6.45) is 3.89. The van der Waals surface area contributed by atoms with E-state index in [1.54, 1.807) is 7.11 Å². The Morgan fingerprint density at radius 3 is 2.92 bits per heavy atom. The van der Waals surface area contributed by atoms with Gasteiger partial charge in [0.25, 0.3) is 0 Å². The Hall–Kier alpha value is -0.940. The van der Waals surface area contributed by atoms with Crippen molar-refractivity contribution in [1.29, 1.82) is 0 Å². The minimum absolute atomic E-state index is 0.375. The molecule has 1 rings (SSSR count). The lowest BCUT2D eigenvalue weighted by Crippen LogP contribution is -2.43. The molecule has 0 aromatic rings. The van der Waals surface area contributed by atoms with Crippen molar-refractivity contribution < 1.29 is 4.74 Å². The fourth-order valence-corrected chi connectivity index (χ4v) is 1.42. The van der Waals surface area contributed by atoms with Gasteiger partial charge in [0.05, 0.1) is 0 Å². The summed E-state index contributed by atoms with van der Waals surface area (Å²) in [5.74, 6) is 6.39. The zero-order valence-corrected chi connectivity index (χ0v) is 7.85. The number of nitrogens with one attached hydrogen (secondary N) is 1. The zero-order valence-electron chi connectivity index (χ0n) is 7.85. The summed E-state index contributed by atoms with van der Waals surface area (Å²) in [5.41, 5.74) is -0.375. The maximum atomic E-state index is 5.43. The minimum atomic E-state index is -0.375. The highest BCUT2D eigenvalue weighted by molar-refractivity contribution is 5.26. The van der Waals surface area contributed by atoms with Crippen molar-refractivity contribution in [2.45, 2.75) is 19.4 Å². The van der Waals surface area contributed by atoms with Gasteiger partial charge in [-0.05, 0) is 19.2 Å². The molecule has 0 spiro atoms. The molecule has 1 N–H and O–H groups in total. The first-order valence-corrected chi connectivity index (χ1v) is 4.15. The normalized spacial score (nSPS) is 33.4. The van der Waals surface area contributed by atoms with Crippen LogP contribution >= 0.6 is 0 Å². The minimum Gasteiger partial charge on any atom is -0.391 e. The van der Waals surface area contributed by atoms with Crippen LogP contribution in [-0.2, 0) is 4.74 Å². The Labute approximate surface area is 74.0 Å². The molecule has 0 saturated carbocycles. The van der Waals surface area contributed by atoms with Gasteiger partial charge in [0.2, 0.25) is 0 Å². The SMILES string of the molecule is CC#CC1(OC)C=CNCC1C. The molecule has 2 unspecified atom stereocenters. The van der Waals surface area contributed by atoms with Crippen molar-refractivity contribution in [3.05, 3.63) is 12.3 Å². The van der Waals surface area contributed by atoms with Gasteiger partial charge in [-0.15, -0.1) is 5.92 Å². The molecule has 2 heteroatoms. The van der Waals surface area contributed by atoms with E-state index < -0.39 is 0 Å². The van der Waals surface area contributed by atoms with Crippen LogP contribution in [0, 0.1) is 17.8 Å². The first kappa shape index (κ1) is 9.15. The Morgan fingerprint density at radius 1 is 1.67 bits per heavy atom. The van der Waals surface area contributed by atoms with Gasteiger partial charge < -0.3 is 10.1 Å². The number of ether oxygens (including phenoxy) is 1. The van der Waals surface area contributed by atoms with Gasteiger partial charge >= 0.3 is 0 Å². The second-order valence-corrected chi connectivity index (χ2v) is 3.01. The van der Waals surface area contributed by atoms with Gasteiger partial charge in [0, 0.05) is 19.6 Å². The fraction of sp³-hybridized carbons (Fsp3) is 0.600. The molecule has 0 saturated heterocycles. The smallest absolute Gasteiger partial charge is 0.152 e. The molecule has 0 radical (unpaired) electrons. The molecule has 2 nitrogen and oxygen atoms in total. The average Bonchev–Trinajstić information content (AvgIpc) is 2.10. The Balaban J connectivity index is 2.93. The van der Waals surface area contributed by atoms with Crippen LogP contribution in [0.15, 0.2) is 12.3 Å². The maximum absolute atomic E-state index is 5.43. The second kappa shape index (κ2) is 3.64. The number of hydrogen-bond acceptors (Lipinski definition) is 2. The number of methoxy groups -OCH3 is 1.